The van der Waals surface area contributed by atoms with Gasteiger partial charge in [0, 0.05) is 45.4 Å². The van der Waals surface area contributed by atoms with Crippen molar-refractivity contribution in [2.45, 2.75) is 51.4 Å². The summed E-state index contributed by atoms with van der Waals surface area (Å²) >= 11 is 0. The Labute approximate surface area is 176 Å². The van der Waals surface area contributed by atoms with Crippen molar-refractivity contribution in [1.82, 2.24) is 20.0 Å². The van der Waals surface area contributed by atoms with Crippen molar-refractivity contribution in [2.24, 2.45) is 5.92 Å². The number of aliphatic hydroxyl groups is 3. The van der Waals surface area contributed by atoms with Crippen LogP contribution in [0.25, 0.3) is 0 Å². The lowest BCUT2D eigenvalue weighted by atomic mass is 10.1. The predicted octanol–water partition coefficient (Wildman–Crippen LogP) is -0.380. The van der Waals surface area contributed by atoms with Gasteiger partial charge in [0.2, 0.25) is 5.91 Å². The maximum atomic E-state index is 12.8. The van der Waals surface area contributed by atoms with Gasteiger partial charge < -0.3 is 29.9 Å². The Kier molecular flexibility index (Phi) is 9.70. The van der Waals surface area contributed by atoms with Crippen molar-refractivity contribution in [3.05, 3.63) is 18.0 Å². The van der Waals surface area contributed by atoms with Gasteiger partial charge in [0.15, 0.2) is 0 Å². The molecule has 2 heterocycles. The molecule has 1 aromatic heterocycles. The predicted molar refractivity (Wildman–Crippen MR) is 109 cm³/mol. The molecule has 1 aliphatic heterocycles. The number of carbonyl (C=O) groups excluding carboxylic acids is 2. The van der Waals surface area contributed by atoms with Crippen LogP contribution in [0, 0.1) is 5.92 Å². The van der Waals surface area contributed by atoms with Crippen LogP contribution in [0.2, 0.25) is 0 Å². The molecule has 10 nitrogen and oxygen atoms in total. The number of hydrogen-bond donors (Lipinski definition) is 4. The lowest BCUT2D eigenvalue weighted by Gasteiger charge is -2.32. The minimum Gasteiger partial charge on any atom is -0.388 e. The molecule has 0 saturated carbocycles. The quantitative estimate of drug-likeness (QED) is 0.517. The highest BCUT2D eigenvalue weighted by molar-refractivity contribution is 5.92. The Hall–Kier alpha value is -2.01. The first-order valence-corrected chi connectivity index (χ1v) is 10.5. The zero-order valence-electron chi connectivity index (χ0n) is 17.7. The number of aliphatic hydroxyl groups excluding tert-OH is 3. The number of nitrogens with zero attached hydrogens (tertiary/aromatic N) is 3. The molecule has 2 rings (SSSR count). The third-order valence-electron chi connectivity index (χ3n) is 5.04. The summed E-state index contributed by atoms with van der Waals surface area (Å²) in [6, 6.07) is 1.60. The summed E-state index contributed by atoms with van der Waals surface area (Å²) in [5.74, 6) is -0.273. The van der Waals surface area contributed by atoms with Gasteiger partial charge in [0.25, 0.3) is 5.91 Å². The molecule has 1 aliphatic rings. The minimum atomic E-state index is -1.44. The Bertz CT molecular complexity index is 654. The van der Waals surface area contributed by atoms with E-state index in [2.05, 4.69) is 10.2 Å². The van der Waals surface area contributed by atoms with E-state index in [1.165, 1.54) is 11.1 Å². The molecular weight excluding hydrogens is 392 g/mol. The lowest BCUT2D eigenvalue weighted by molar-refractivity contribution is -0.137. The van der Waals surface area contributed by atoms with Gasteiger partial charge in [-0.05, 0) is 24.8 Å². The van der Waals surface area contributed by atoms with Crippen LogP contribution >= 0.6 is 0 Å². The second-order valence-corrected chi connectivity index (χ2v) is 8.11. The molecule has 2 amide bonds. The van der Waals surface area contributed by atoms with Crippen LogP contribution in [0.15, 0.2) is 12.3 Å². The second kappa shape index (κ2) is 12.0. The first-order valence-electron chi connectivity index (χ1n) is 10.5. The normalized spacial score (nSPS) is 25.2. The summed E-state index contributed by atoms with van der Waals surface area (Å²) in [5.41, 5.74) is 0.367. The molecule has 0 aromatic carbocycles. The highest BCUT2D eigenvalue weighted by Gasteiger charge is 2.29. The summed E-state index contributed by atoms with van der Waals surface area (Å²) in [5, 5.41) is 37.1. The van der Waals surface area contributed by atoms with E-state index in [1.54, 1.807) is 11.0 Å². The second-order valence-electron chi connectivity index (χ2n) is 8.11. The van der Waals surface area contributed by atoms with E-state index in [1.807, 2.05) is 13.8 Å². The van der Waals surface area contributed by atoms with Gasteiger partial charge in [-0.3, -0.25) is 14.7 Å². The largest absolute Gasteiger partial charge is 0.388 e. The van der Waals surface area contributed by atoms with E-state index in [4.69, 9.17) is 4.74 Å². The molecule has 170 valence electrons. The van der Waals surface area contributed by atoms with Crippen LogP contribution in [0.4, 0.5) is 0 Å². The number of β-amino-alcohol motifs (C(OH)–C–C–N with tert-alkyl or cyclic N) is 1. The van der Waals surface area contributed by atoms with Crippen LogP contribution < -0.4 is 0 Å². The van der Waals surface area contributed by atoms with E-state index < -0.39 is 18.3 Å². The maximum Gasteiger partial charge on any atom is 0.271 e. The Morgan fingerprint density at radius 3 is 2.57 bits per heavy atom. The average Bonchev–Trinajstić information content (AvgIpc) is 3.23. The van der Waals surface area contributed by atoms with Gasteiger partial charge in [-0.15, -0.1) is 0 Å². The SMILES string of the molecule is CC(C)CC(=O)N1CCN(C(=O)c2ccn[nH]2)CCCCOC[C@@H](O)[C@H](O)[C@@H](O)C1. The zero-order chi connectivity index (χ0) is 22.1. The number of rotatable bonds is 3. The number of aromatic nitrogens is 2. The molecule has 0 radical (unpaired) electrons. The van der Waals surface area contributed by atoms with Crippen molar-refractivity contribution in [2.75, 3.05) is 39.4 Å². The first-order chi connectivity index (χ1) is 14.3. The Morgan fingerprint density at radius 1 is 1.17 bits per heavy atom. The van der Waals surface area contributed by atoms with E-state index in [0.717, 1.165) is 0 Å². The topological polar surface area (TPSA) is 139 Å². The molecule has 10 heteroatoms. The number of ether oxygens (including phenoxy) is 1. The molecular formula is C20H34N4O6. The number of nitrogens with one attached hydrogen (secondary N) is 1. The number of amides is 2. The summed E-state index contributed by atoms with van der Waals surface area (Å²) in [6.07, 6.45) is -0.891. The van der Waals surface area contributed by atoms with Gasteiger partial charge in [-0.25, -0.2) is 0 Å². The van der Waals surface area contributed by atoms with Gasteiger partial charge in [-0.2, -0.15) is 5.10 Å². The maximum absolute atomic E-state index is 12.8. The fourth-order valence-electron chi connectivity index (χ4n) is 3.30. The van der Waals surface area contributed by atoms with Crippen LogP contribution in [-0.2, 0) is 9.53 Å². The number of carbonyl (C=O) groups is 2. The highest BCUT2D eigenvalue weighted by atomic mass is 16.5. The molecule has 30 heavy (non-hydrogen) atoms. The summed E-state index contributed by atoms with van der Waals surface area (Å²) in [6.45, 7) is 4.90. The summed E-state index contributed by atoms with van der Waals surface area (Å²) < 4.78 is 5.38. The first kappa shape index (κ1) is 24.3. The van der Waals surface area contributed by atoms with Crippen molar-refractivity contribution < 1.29 is 29.6 Å². The van der Waals surface area contributed by atoms with Gasteiger partial charge in [-0.1, -0.05) is 13.8 Å². The average molecular weight is 427 g/mol. The standard InChI is InChI=1S/C20H34N4O6/c1-14(2)11-18(27)24-9-8-23(20(29)15-5-6-21-22-15)7-3-4-10-30-13-17(26)19(28)16(25)12-24/h5-6,14,16-17,19,25-26,28H,3-4,7-13H2,1-2H3,(H,21,22)/t16-,17+,19+/m0/s1. The minimum absolute atomic E-state index is 0.116. The third-order valence-corrected chi connectivity index (χ3v) is 5.04. The lowest BCUT2D eigenvalue weighted by Crippen LogP contribution is -2.50. The van der Waals surface area contributed by atoms with Crippen LogP contribution in [-0.4, -0.2) is 105 Å². The van der Waals surface area contributed by atoms with Gasteiger partial charge in [0.05, 0.1) is 6.61 Å². The zero-order valence-corrected chi connectivity index (χ0v) is 17.7. The van der Waals surface area contributed by atoms with E-state index in [0.29, 0.717) is 31.7 Å². The Morgan fingerprint density at radius 2 is 1.90 bits per heavy atom. The molecule has 1 fully saturated rings. The number of hydrogen-bond acceptors (Lipinski definition) is 7. The smallest absolute Gasteiger partial charge is 0.271 e. The van der Waals surface area contributed by atoms with E-state index in [9.17, 15) is 24.9 Å². The molecule has 1 aromatic rings. The molecule has 3 atom stereocenters. The van der Waals surface area contributed by atoms with Crippen molar-refractivity contribution in [3.63, 3.8) is 0 Å². The molecule has 0 aliphatic carbocycles. The van der Waals surface area contributed by atoms with Gasteiger partial charge in [0.1, 0.15) is 24.0 Å². The molecule has 0 bridgehead atoms. The summed E-state index contributed by atoms with van der Waals surface area (Å²) in [7, 11) is 0. The van der Waals surface area contributed by atoms with Crippen molar-refractivity contribution in [1.29, 1.82) is 0 Å². The van der Waals surface area contributed by atoms with E-state index in [-0.39, 0.29) is 50.4 Å². The fourth-order valence-corrected chi connectivity index (χ4v) is 3.30. The highest BCUT2D eigenvalue weighted by Crippen LogP contribution is 2.11. The Balaban J connectivity index is 2.17. The van der Waals surface area contributed by atoms with Gasteiger partial charge >= 0.3 is 0 Å². The monoisotopic (exact) mass is 426 g/mol. The molecule has 4 N–H and O–H groups in total. The van der Waals surface area contributed by atoms with Crippen LogP contribution in [0.3, 0.4) is 0 Å². The van der Waals surface area contributed by atoms with Crippen molar-refractivity contribution in [3.8, 4) is 0 Å². The van der Waals surface area contributed by atoms with Crippen molar-refractivity contribution >= 4 is 11.8 Å². The van der Waals surface area contributed by atoms with Crippen LogP contribution in [0.1, 0.15) is 43.6 Å². The molecule has 0 unspecified atom stereocenters. The number of H-pyrrole nitrogens is 1. The molecule has 1 saturated heterocycles. The van der Waals surface area contributed by atoms with E-state index >= 15 is 0 Å². The summed E-state index contributed by atoms with van der Waals surface area (Å²) in [4.78, 5) is 28.6. The fraction of sp³-hybridized carbons (Fsp3) is 0.750. The molecule has 0 spiro atoms. The van der Waals surface area contributed by atoms with Crippen LogP contribution in [0.5, 0.6) is 0 Å². The number of aromatic amines is 1. The third kappa shape index (κ3) is 7.35.